The van der Waals surface area contributed by atoms with Crippen LogP contribution in [-0.4, -0.2) is 5.97 Å². The lowest BCUT2D eigenvalue weighted by molar-refractivity contribution is -0.138. The number of fused-ring (bicyclic) bond motifs is 1. The van der Waals surface area contributed by atoms with Gasteiger partial charge in [0.05, 0.1) is 5.92 Å². The van der Waals surface area contributed by atoms with Crippen LogP contribution < -0.4 is 0 Å². The zero-order valence-corrected chi connectivity index (χ0v) is 12.7. The van der Waals surface area contributed by atoms with Crippen LogP contribution in [0.25, 0.3) is 0 Å². The zero-order chi connectivity index (χ0) is 13.9. The molecule has 0 spiro atoms. The lowest BCUT2D eigenvalue weighted by Gasteiger charge is -2.33. The summed E-state index contributed by atoms with van der Waals surface area (Å²) in [7, 11) is 0. The molecule has 3 unspecified atom stereocenters. The van der Waals surface area contributed by atoms with Gasteiger partial charge in [-0.2, -0.15) is 0 Å². The highest BCUT2D eigenvalue weighted by molar-refractivity contribution is 5.77. The molecule has 1 fully saturated rings. The van der Waals surface area contributed by atoms with Gasteiger partial charge in [0, 0.05) is 5.92 Å². The topological polar surface area (TPSA) is 26.3 Å². The Morgan fingerprint density at radius 1 is 1.32 bits per heavy atom. The van der Waals surface area contributed by atoms with Crippen molar-refractivity contribution in [1.82, 2.24) is 0 Å². The predicted octanol–water partition coefficient (Wildman–Crippen LogP) is 4.84. The molecular weight excluding hydrogens is 236 g/mol. The minimum absolute atomic E-state index is 0.0246. The van der Waals surface area contributed by atoms with Crippen LogP contribution in [0.4, 0.5) is 0 Å². The van der Waals surface area contributed by atoms with Gasteiger partial charge in [-0.05, 0) is 30.8 Å². The lowest BCUT2D eigenvalue weighted by Crippen LogP contribution is -2.23. The number of carbonyl (C=O) groups is 1. The molecule has 2 heteroatoms. The van der Waals surface area contributed by atoms with Crippen molar-refractivity contribution in [2.75, 3.05) is 0 Å². The molecule has 2 aliphatic rings. The molecule has 108 valence electrons. The molecule has 3 atom stereocenters. The monoisotopic (exact) mass is 264 g/mol. The van der Waals surface area contributed by atoms with Crippen LogP contribution in [0.15, 0.2) is 11.8 Å². The van der Waals surface area contributed by atoms with Gasteiger partial charge in [0.1, 0.15) is 5.76 Å². The number of carbonyl (C=O) groups excluding carboxylic acids is 1. The van der Waals surface area contributed by atoms with E-state index in [2.05, 4.69) is 19.9 Å². The SMILES string of the molecule is CCCCCCCC1(C)C=C2OC(=O)C(C)C2CC1. The Labute approximate surface area is 117 Å². The van der Waals surface area contributed by atoms with Crippen molar-refractivity contribution in [2.24, 2.45) is 17.3 Å². The number of hydrogen-bond donors (Lipinski definition) is 0. The highest BCUT2D eigenvalue weighted by Crippen LogP contribution is 2.46. The molecule has 0 amide bonds. The third-order valence-electron chi connectivity index (χ3n) is 4.93. The van der Waals surface area contributed by atoms with Gasteiger partial charge in [0.15, 0.2) is 0 Å². The molecule has 0 aromatic heterocycles. The summed E-state index contributed by atoms with van der Waals surface area (Å²) in [5.41, 5.74) is 0.252. The molecule has 0 saturated carbocycles. The summed E-state index contributed by atoms with van der Waals surface area (Å²) >= 11 is 0. The number of esters is 1. The first-order valence-corrected chi connectivity index (χ1v) is 8.00. The molecule has 0 bridgehead atoms. The second-order valence-electron chi connectivity index (χ2n) is 6.72. The van der Waals surface area contributed by atoms with Crippen molar-refractivity contribution < 1.29 is 9.53 Å². The summed E-state index contributed by atoms with van der Waals surface area (Å²) in [6.45, 7) is 6.58. The first-order valence-electron chi connectivity index (χ1n) is 8.00. The van der Waals surface area contributed by atoms with Crippen LogP contribution in [0, 0.1) is 17.3 Å². The van der Waals surface area contributed by atoms with Crippen LogP contribution in [0.1, 0.15) is 72.1 Å². The van der Waals surface area contributed by atoms with Crippen molar-refractivity contribution in [3.8, 4) is 0 Å². The van der Waals surface area contributed by atoms with Crippen LogP contribution in [0.2, 0.25) is 0 Å². The maximum absolute atomic E-state index is 11.6. The van der Waals surface area contributed by atoms with Crippen LogP contribution in [0.3, 0.4) is 0 Å². The summed E-state index contributed by atoms with van der Waals surface area (Å²) in [6.07, 6.45) is 12.5. The zero-order valence-electron chi connectivity index (χ0n) is 12.7. The molecule has 19 heavy (non-hydrogen) atoms. The van der Waals surface area contributed by atoms with E-state index >= 15 is 0 Å². The van der Waals surface area contributed by atoms with Crippen molar-refractivity contribution in [3.05, 3.63) is 11.8 Å². The molecule has 2 rings (SSSR count). The third kappa shape index (κ3) is 3.40. The molecule has 0 aromatic carbocycles. The molecule has 1 saturated heterocycles. The predicted molar refractivity (Wildman–Crippen MR) is 77.5 cm³/mol. The molecule has 2 nitrogen and oxygen atoms in total. The Morgan fingerprint density at radius 2 is 2.05 bits per heavy atom. The van der Waals surface area contributed by atoms with Gasteiger partial charge in [0.2, 0.25) is 0 Å². The van der Waals surface area contributed by atoms with E-state index in [1.807, 2.05) is 6.92 Å². The highest BCUT2D eigenvalue weighted by Gasteiger charge is 2.42. The number of hydrogen-bond acceptors (Lipinski definition) is 2. The van der Waals surface area contributed by atoms with Gasteiger partial charge < -0.3 is 4.74 Å². The van der Waals surface area contributed by atoms with E-state index in [0.29, 0.717) is 5.92 Å². The molecule has 0 aromatic rings. The summed E-state index contributed by atoms with van der Waals surface area (Å²) < 4.78 is 5.44. The fraction of sp³-hybridized carbons (Fsp3) is 0.824. The lowest BCUT2D eigenvalue weighted by atomic mass is 9.71. The Balaban J connectivity index is 1.87. The summed E-state index contributed by atoms with van der Waals surface area (Å²) in [4.78, 5) is 11.6. The normalized spacial score (nSPS) is 33.8. The maximum Gasteiger partial charge on any atom is 0.314 e. The molecule has 1 aliphatic carbocycles. The van der Waals surface area contributed by atoms with Crippen molar-refractivity contribution in [3.63, 3.8) is 0 Å². The molecular formula is C17H28O2. The number of rotatable bonds is 6. The number of unbranched alkanes of at least 4 members (excludes halogenated alkanes) is 4. The van der Waals surface area contributed by atoms with Gasteiger partial charge >= 0.3 is 5.97 Å². The van der Waals surface area contributed by atoms with E-state index in [-0.39, 0.29) is 17.3 Å². The highest BCUT2D eigenvalue weighted by atomic mass is 16.5. The van der Waals surface area contributed by atoms with Gasteiger partial charge in [-0.1, -0.05) is 52.9 Å². The minimum atomic E-state index is -0.0246. The van der Waals surface area contributed by atoms with E-state index in [4.69, 9.17) is 4.74 Å². The summed E-state index contributed by atoms with van der Waals surface area (Å²) in [5, 5.41) is 0. The Kier molecular flexibility index (Phi) is 4.70. The first-order chi connectivity index (χ1) is 9.06. The van der Waals surface area contributed by atoms with Crippen molar-refractivity contribution in [1.29, 1.82) is 0 Å². The number of allylic oxidation sites excluding steroid dienone is 2. The second kappa shape index (κ2) is 6.11. The molecule has 0 N–H and O–H groups in total. The largest absolute Gasteiger partial charge is 0.431 e. The first kappa shape index (κ1) is 14.6. The van der Waals surface area contributed by atoms with E-state index in [9.17, 15) is 4.79 Å². The average Bonchev–Trinajstić information content (AvgIpc) is 2.64. The standard InChI is InChI=1S/C17H28O2/c1-4-5-6-7-8-10-17(3)11-9-14-13(2)16(18)19-15(14)12-17/h12-14H,4-11H2,1-3H3. The average molecular weight is 264 g/mol. The van der Waals surface area contributed by atoms with E-state index in [0.717, 1.165) is 12.2 Å². The maximum atomic E-state index is 11.6. The van der Waals surface area contributed by atoms with Gasteiger partial charge in [-0.3, -0.25) is 4.79 Å². The number of ether oxygens (including phenoxy) is 1. The fourth-order valence-corrected chi connectivity index (χ4v) is 3.45. The van der Waals surface area contributed by atoms with Gasteiger partial charge in [0.25, 0.3) is 0 Å². The Bertz CT molecular complexity index is 358. The van der Waals surface area contributed by atoms with Crippen LogP contribution in [0.5, 0.6) is 0 Å². The third-order valence-corrected chi connectivity index (χ3v) is 4.93. The Morgan fingerprint density at radius 3 is 2.79 bits per heavy atom. The minimum Gasteiger partial charge on any atom is -0.431 e. The summed E-state index contributed by atoms with van der Waals surface area (Å²) in [6, 6.07) is 0. The Hall–Kier alpha value is -0.790. The van der Waals surface area contributed by atoms with E-state index in [1.54, 1.807) is 0 Å². The molecule has 1 heterocycles. The van der Waals surface area contributed by atoms with Gasteiger partial charge in [-0.25, -0.2) is 0 Å². The smallest absolute Gasteiger partial charge is 0.314 e. The second-order valence-corrected chi connectivity index (χ2v) is 6.72. The summed E-state index contributed by atoms with van der Waals surface area (Å²) in [5.74, 6) is 1.38. The fourth-order valence-electron chi connectivity index (χ4n) is 3.45. The molecule has 0 radical (unpaired) electrons. The van der Waals surface area contributed by atoms with E-state index < -0.39 is 0 Å². The quantitative estimate of drug-likeness (QED) is 0.507. The van der Waals surface area contributed by atoms with Crippen molar-refractivity contribution >= 4 is 5.97 Å². The van der Waals surface area contributed by atoms with Crippen molar-refractivity contribution in [2.45, 2.75) is 72.1 Å². The molecule has 1 aliphatic heterocycles. The van der Waals surface area contributed by atoms with Crippen LogP contribution in [-0.2, 0) is 9.53 Å². The van der Waals surface area contributed by atoms with E-state index in [1.165, 1.54) is 44.9 Å². The van der Waals surface area contributed by atoms with Gasteiger partial charge in [-0.15, -0.1) is 0 Å². The van der Waals surface area contributed by atoms with Crippen LogP contribution >= 0.6 is 0 Å².